The minimum absolute atomic E-state index is 0.203. The SMILES string of the molecule is Nc1nccc[n+]1-c1nc(NNC(=O)c2ccncc2)nc(N2CCCCC2)n1. The number of carbonyl (C=O) groups excluding carboxylic acids is 1. The van der Waals surface area contributed by atoms with Gasteiger partial charge in [0, 0.05) is 31.0 Å². The number of aromatic nitrogens is 6. The zero-order valence-corrected chi connectivity index (χ0v) is 15.7. The summed E-state index contributed by atoms with van der Waals surface area (Å²) in [6.07, 6.45) is 9.74. The molecule has 0 bridgehead atoms. The Morgan fingerprint density at radius 2 is 1.86 bits per heavy atom. The summed E-state index contributed by atoms with van der Waals surface area (Å²) in [5.74, 6) is 0.948. The molecule has 0 radical (unpaired) electrons. The maximum absolute atomic E-state index is 12.3. The van der Waals surface area contributed by atoms with E-state index in [1.807, 2.05) is 0 Å². The molecule has 3 aromatic heterocycles. The van der Waals surface area contributed by atoms with E-state index in [2.05, 4.69) is 40.7 Å². The van der Waals surface area contributed by atoms with Crippen molar-refractivity contribution in [1.29, 1.82) is 0 Å². The summed E-state index contributed by atoms with van der Waals surface area (Å²) < 4.78 is 1.56. The van der Waals surface area contributed by atoms with Crippen molar-refractivity contribution >= 4 is 23.8 Å². The highest BCUT2D eigenvalue weighted by Gasteiger charge is 2.22. The predicted molar refractivity (Wildman–Crippen MR) is 105 cm³/mol. The molecule has 0 spiro atoms. The van der Waals surface area contributed by atoms with E-state index in [0.717, 1.165) is 25.9 Å². The molecule has 0 unspecified atom stereocenters. The number of nitrogen functional groups attached to an aromatic ring is 1. The second-order valence-corrected chi connectivity index (χ2v) is 6.47. The minimum atomic E-state index is -0.331. The number of rotatable bonds is 5. The van der Waals surface area contributed by atoms with E-state index in [1.165, 1.54) is 6.42 Å². The van der Waals surface area contributed by atoms with Crippen LogP contribution in [-0.2, 0) is 0 Å². The van der Waals surface area contributed by atoms with Crippen LogP contribution < -0.4 is 26.1 Å². The van der Waals surface area contributed by atoms with Gasteiger partial charge in [-0.1, -0.05) is 9.97 Å². The van der Waals surface area contributed by atoms with Crippen LogP contribution in [0.3, 0.4) is 0 Å². The Hall–Kier alpha value is -3.89. The first-order chi connectivity index (χ1) is 14.2. The zero-order chi connectivity index (χ0) is 20.1. The Balaban J connectivity index is 1.62. The third kappa shape index (κ3) is 4.34. The predicted octanol–water partition coefficient (Wildman–Crippen LogP) is 0.268. The van der Waals surface area contributed by atoms with Gasteiger partial charge in [-0.3, -0.25) is 20.6 Å². The van der Waals surface area contributed by atoms with Gasteiger partial charge in [0.2, 0.25) is 0 Å². The number of amides is 1. The first-order valence-corrected chi connectivity index (χ1v) is 9.30. The van der Waals surface area contributed by atoms with E-state index < -0.39 is 0 Å². The average Bonchev–Trinajstić information content (AvgIpc) is 2.79. The summed E-state index contributed by atoms with van der Waals surface area (Å²) in [6, 6.07) is 4.96. The summed E-state index contributed by atoms with van der Waals surface area (Å²) in [5.41, 5.74) is 11.8. The van der Waals surface area contributed by atoms with Crippen LogP contribution in [0.15, 0.2) is 43.0 Å². The number of hydrazine groups is 1. The molecular weight excluding hydrogens is 372 g/mol. The number of piperidine rings is 1. The van der Waals surface area contributed by atoms with E-state index in [-0.39, 0.29) is 17.8 Å². The topological polar surface area (TPSA) is 139 Å². The Morgan fingerprint density at radius 3 is 2.62 bits per heavy atom. The molecule has 3 aromatic rings. The Labute approximate surface area is 167 Å². The summed E-state index contributed by atoms with van der Waals surface area (Å²) in [6.45, 7) is 1.72. The van der Waals surface area contributed by atoms with Crippen LogP contribution in [0.4, 0.5) is 17.8 Å². The van der Waals surface area contributed by atoms with Crippen molar-refractivity contribution in [3.05, 3.63) is 48.5 Å². The van der Waals surface area contributed by atoms with Crippen LogP contribution in [0.2, 0.25) is 0 Å². The number of anilines is 3. The lowest BCUT2D eigenvalue weighted by Crippen LogP contribution is -2.40. The van der Waals surface area contributed by atoms with Crippen LogP contribution >= 0.6 is 0 Å². The molecule has 0 saturated carbocycles. The molecule has 0 aromatic carbocycles. The molecule has 1 fully saturated rings. The zero-order valence-electron chi connectivity index (χ0n) is 15.7. The van der Waals surface area contributed by atoms with Crippen molar-refractivity contribution in [3.63, 3.8) is 0 Å². The fourth-order valence-corrected chi connectivity index (χ4v) is 2.99. The molecule has 1 amide bonds. The normalized spacial score (nSPS) is 13.7. The fourth-order valence-electron chi connectivity index (χ4n) is 2.99. The van der Waals surface area contributed by atoms with Crippen LogP contribution in [0.5, 0.6) is 0 Å². The van der Waals surface area contributed by atoms with Gasteiger partial charge in [0.15, 0.2) is 0 Å². The summed E-state index contributed by atoms with van der Waals surface area (Å²) in [7, 11) is 0. The number of carbonyl (C=O) groups is 1. The minimum Gasteiger partial charge on any atom is -0.332 e. The number of nitrogens with one attached hydrogen (secondary N) is 2. The maximum atomic E-state index is 12.3. The van der Waals surface area contributed by atoms with Gasteiger partial charge in [-0.2, -0.15) is 9.55 Å². The van der Waals surface area contributed by atoms with E-state index in [4.69, 9.17) is 5.73 Å². The van der Waals surface area contributed by atoms with Gasteiger partial charge < -0.3 is 10.6 Å². The number of hydrogen-bond donors (Lipinski definition) is 3. The molecule has 148 valence electrons. The van der Waals surface area contributed by atoms with Crippen molar-refractivity contribution < 1.29 is 9.36 Å². The third-order valence-corrected chi connectivity index (χ3v) is 4.47. The number of nitrogens with zero attached hydrogens (tertiary/aromatic N) is 7. The highest BCUT2D eigenvalue weighted by Crippen LogP contribution is 2.17. The quantitative estimate of drug-likeness (QED) is 0.412. The van der Waals surface area contributed by atoms with Crippen molar-refractivity contribution in [3.8, 4) is 5.95 Å². The molecule has 0 aliphatic carbocycles. The van der Waals surface area contributed by atoms with Crippen LogP contribution in [0.25, 0.3) is 5.95 Å². The summed E-state index contributed by atoms with van der Waals surface area (Å²) >= 11 is 0. The highest BCUT2D eigenvalue weighted by molar-refractivity contribution is 5.94. The van der Waals surface area contributed by atoms with E-state index >= 15 is 0 Å². The monoisotopic (exact) mass is 393 g/mol. The lowest BCUT2D eigenvalue weighted by molar-refractivity contribution is -0.591. The Bertz CT molecular complexity index is 991. The first kappa shape index (κ1) is 18.5. The Morgan fingerprint density at radius 1 is 1.07 bits per heavy atom. The van der Waals surface area contributed by atoms with Crippen molar-refractivity contribution in [1.82, 2.24) is 30.3 Å². The molecule has 11 heteroatoms. The van der Waals surface area contributed by atoms with Gasteiger partial charge in [-0.05, 0) is 37.5 Å². The molecule has 29 heavy (non-hydrogen) atoms. The van der Waals surface area contributed by atoms with Crippen LogP contribution in [0.1, 0.15) is 29.6 Å². The van der Waals surface area contributed by atoms with Crippen LogP contribution in [-0.4, -0.2) is 43.9 Å². The lowest BCUT2D eigenvalue weighted by Gasteiger charge is -2.25. The van der Waals surface area contributed by atoms with E-state index in [0.29, 0.717) is 17.5 Å². The molecule has 1 saturated heterocycles. The largest absolute Gasteiger partial charge is 0.367 e. The molecule has 4 rings (SSSR count). The maximum Gasteiger partial charge on any atom is 0.367 e. The van der Waals surface area contributed by atoms with Crippen molar-refractivity contribution in [2.45, 2.75) is 19.3 Å². The highest BCUT2D eigenvalue weighted by atomic mass is 16.2. The number of hydrogen-bond acceptors (Lipinski definition) is 9. The van der Waals surface area contributed by atoms with Crippen LogP contribution in [0, 0.1) is 0 Å². The van der Waals surface area contributed by atoms with Crippen molar-refractivity contribution in [2.24, 2.45) is 0 Å². The van der Waals surface area contributed by atoms with Gasteiger partial charge in [0.25, 0.3) is 17.8 Å². The number of nitrogens with two attached hydrogens (primary N) is 1. The smallest absolute Gasteiger partial charge is 0.332 e. The van der Waals surface area contributed by atoms with Gasteiger partial charge in [-0.25, -0.2) is 0 Å². The molecule has 1 aliphatic rings. The second kappa shape index (κ2) is 8.42. The molecule has 0 atom stereocenters. The summed E-state index contributed by atoms with van der Waals surface area (Å²) in [5, 5.41) is 0. The number of pyridine rings is 1. The Kier molecular flexibility index (Phi) is 5.36. The molecular formula is C18H21N10O+. The van der Waals surface area contributed by atoms with Gasteiger partial charge >= 0.3 is 11.9 Å². The molecule has 1 aliphatic heterocycles. The van der Waals surface area contributed by atoms with E-state index in [9.17, 15) is 4.79 Å². The molecule has 11 nitrogen and oxygen atoms in total. The van der Waals surface area contributed by atoms with Crippen molar-refractivity contribution in [2.75, 3.05) is 29.1 Å². The van der Waals surface area contributed by atoms with Gasteiger partial charge in [0.1, 0.15) is 0 Å². The molecule has 4 heterocycles. The summed E-state index contributed by atoms with van der Waals surface area (Å²) in [4.78, 5) is 35.8. The van der Waals surface area contributed by atoms with Gasteiger partial charge in [-0.15, -0.1) is 4.98 Å². The standard InChI is InChI=1S/C18H20N10O/c19-15-21-7-4-12-28(15)18-23-16(22-17(24-18)27-10-2-1-3-11-27)26-25-14(29)13-5-8-20-9-6-13/h4-9,12,19H,1-3,10-11H2,(H2,20,22,23,24,25,26,29)/p+1. The first-order valence-electron chi connectivity index (χ1n) is 9.30. The third-order valence-electron chi connectivity index (χ3n) is 4.47. The lowest BCUT2D eigenvalue weighted by atomic mass is 10.1. The molecule has 4 N–H and O–H groups in total. The van der Waals surface area contributed by atoms with E-state index in [1.54, 1.807) is 47.6 Å². The second-order valence-electron chi connectivity index (χ2n) is 6.47. The average molecular weight is 393 g/mol. The fraction of sp³-hybridized carbons (Fsp3) is 0.278. The van der Waals surface area contributed by atoms with Gasteiger partial charge in [0.05, 0.1) is 12.4 Å².